The van der Waals surface area contributed by atoms with Crippen LogP contribution >= 0.6 is 11.3 Å². The van der Waals surface area contributed by atoms with Gasteiger partial charge in [-0.2, -0.15) is 0 Å². The third-order valence-electron chi connectivity index (χ3n) is 3.68. The minimum absolute atomic E-state index is 0.132. The molecule has 0 saturated heterocycles. The van der Waals surface area contributed by atoms with Gasteiger partial charge in [0.1, 0.15) is 0 Å². The van der Waals surface area contributed by atoms with E-state index in [0.717, 1.165) is 17.7 Å². The van der Waals surface area contributed by atoms with Crippen molar-refractivity contribution in [1.82, 2.24) is 0 Å². The summed E-state index contributed by atoms with van der Waals surface area (Å²) in [6, 6.07) is 9.21. The molecule has 21 heavy (non-hydrogen) atoms. The Hall–Kier alpha value is -1.37. The highest BCUT2D eigenvalue weighted by atomic mass is 32.2. The molecule has 4 nitrogen and oxygen atoms in total. The standard InChI is InChI=1S/C15H17NO3S2/c1-11-6-12-4-2-3-5-15(12)16(8-11)21(18,19)14-7-13(9-17)20-10-14/h2-5,7,10-11,17H,6,8-9H2,1H3. The van der Waals surface area contributed by atoms with E-state index in [-0.39, 0.29) is 17.4 Å². The summed E-state index contributed by atoms with van der Waals surface area (Å²) >= 11 is 1.27. The fourth-order valence-corrected chi connectivity index (χ4v) is 5.43. The molecule has 0 aliphatic carbocycles. The van der Waals surface area contributed by atoms with Gasteiger partial charge in [-0.15, -0.1) is 11.3 Å². The number of anilines is 1. The number of benzene rings is 1. The second-order valence-corrected chi connectivity index (χ2v) is 8.24. The number of hydrogen-bond acceptors (Lipinski definition) is 4. The van der Waals surface area contributed by atoms with Crippen LogP contribution in [0.5, 0.6) is 0 Å². The number of para-hydroxylation sites is 1. The first kappa shape index (κ1) is 14.6. The van der Waals surface area contributed by atoms with E-state index in [4.69, 9.17) is 5.11 Å². The molecule has 0 saturated carbocycles. The fourth-order valence-electron chi connectivity index (χ4n) is 2.68. The fraction of sp³-hybridized carbons (Fsp3) is 0.333. The Morgan fingerprint density at radius 3 is 2.86 bits per heavy atom. The molecule has 1 atom stereocenters. The van der Waals surface area contributed by atoms with Crippen LogP contribution in [0.3, 0.4) is 0 Å². The molecule has 6 heteroatoms. The van der Waals surface area contributed by atoms with Gasteiger partial charge in [0.05, 0.1) is 17.2 Å². The summed E-state index contributed by atoms with van der Waals surface area (Å²) in [4.78, 5) is 0.923. The number of nitrogens with zero attached hydrogens (tertiary/aromatic N) is 1. The Bertz CT molecular complexity index is 752. The number of thiophene rings is 1. The van der Waals surface area contributed by atoms with Crippen molar-refractivity contribution in [2.75, 3.05) is 10.8 Å². The highest BCUT2D eigenvalue weighted by Gasteiger charge is 2.32. The monoisotopic (exact) mass is 323 g/mol. The van der Waals surface area contributed by atoms with Crippen molar-refractivity contribution in [3.05, 3.63) is 46.2 Å². The van der Waals surface area contributed by atoms with Crippen LogP contribution in [-0.4, -0.2) is 20.1 Å². The highest BCUT2D eigenvalue weighted by molar-refractivity contribution is 7.93. The zero-order valence-corrected chi connectivity index (χ0v) is 13.3. The quantitative estimate of drug-likeness (QED) is 0.944. The molecule has 1 aromatic carbocycles. The number of aliphatic hydroxyl groups is 1. The van der Waals surface area contributed by atoms with Crippen molar-refractivity contribution < 1.29 is 13.5 Å². The van der Waals surface area contributed by atoms with Crippen LogP contribution in [0.25, 0.3) is 0 Å². The van der Waals surface area contributed by atoms with Crippen molar-refractivity contribution in [3.8, 4) is 0 Å². The molecule has 1 aliphatic heterocycles. The minimum atomic E-state index is -3.56. The van der Waals surface area contributed by atoms with Crippen molar-refractivity contribution in [2.45, 2.75) is 24.8 Å². The maximum Gasteiger partial charge on any atom is 0.265 e. The van der Waals surface area contributed by atoms with Crippen LogP contribution in [-0.2, 0) is 23.1 Å². The number of sulfonamides is 1. The summed E-state index contributed by atoms with van der Waals surface area (Å²) in [5.41, 5.74) is 1.84. The molecule has 3 rings (SSSR count). The summed E-state index contributed by atoms with van der Waals surface area (Å²) in [6.45, 7) is 2.42. The first-order chi connectivity index (χ1) is 10.0. The van der Waals surface area contributed by atoms with Gasteiger partial charge < -0.3 is 5.11 Å². The van der Waals surface area contributed by atoms with E-state index >= 15 is 0 Å². The minimum Gasteiger partial charge on any atom is -0.391 e. The average Bonchev–Trinajstić information content (AvgIpc) is 2.96. The number of fused-ring (bicyclic) bond motifs is 1. The molecule has 1 N–H and O–H groups in total. The van der Waals surface area contributed by atoms with E-state index in [2.05, 4.69) is 6.92 Å². The summed E-state index contributed by atoms with van der Waals surface area (Å²) in [7, 11) is -3.56. The zero-order chi connectivity index (χ0) is 15.0. The molecule has 0 fully saturated rings. The number of aliphatic hydroxyl groups excluding tert-OH is 1. The number of hydrogen-bond donors (Lipinski definition) is 1. The van der Waals surface area contributed by atoms with E-state index in [1.54, 1.807) is 11.4 Å². The van der Waals surface area contributed by atoms with E-state index in [1.165, 1.54) is 15.6 Å². The molecule has 1 aromatic heterocycles. The lowest BCUT2D eigenvalue weighted by Gasteiger charge is -2.33. The Morgan fingerprint density at radius 2 is 2.14 bits per heavy atom. The second kappa shape index (κ2) is 5.44. The lowest BCUT2D eigenvalue weighted by atomic mass is 9.96. The predicted octanol–water partition coefficient (Wildman–Crippen LogP) is 2.63. The summed E-state index contributed by atoms with van der Waals surface area (Å²) < 4.78 is 27.3. The molecule has 0 bridgehead atoms. The Kier molecular flexibility index (Phi) is 3.77. The number of rotatable bonds is 3. The van der Waals surface area contributed by atoms with Crippen molar-refractivity contribution in [1.29, 1.82) is 0 Å². The molecule has 1 unspecified atom stereocenters. The maximum atomic E-state index is 12.9. The summed E-state index contributed by atoms with van der Waals surface area (Å²) in [5, 5.41) is 10.7. The maximum absolute atomic E-state index is 12.9. The van der Waals surface area contributed by atoms with Crippen LogP contribution in [0.15, 0.2) is 40.6 Å². The molecule has 0 spiro atoms. The first-order valence-electron chi connectivity index (χ1n) is 6.81. The van der Waals surface area contributed by atoms with Crippen molar-refractivity contribution >= 4 is 27.0 Å². The van der Waals surface area contributed by atoms with Gasteiger partial charge in [0.2, 0.25) is 0 Å². The molecule has 112 valence electrons. The average molecular weight is 323 g/mol. The van der Waals surface area contributed by atoms with Gasteiger partial charge in [0, 0.05) is 16.8 Å². The van der Waals surface area contributed by atoms with Gasteiger partial charge in [0.25, 0.3) is 10.0 Å². The Morgan fingerprint density at radius 1 is 1.38 bits per heavy atom. The highest BCUT2D eigenvalue weighted by Crippen LogP contribution is 2.34. The molecule has 2 heterocycles. The molecule has 0 amide bonds. The zero-order valence-electron chi connectivity index (χ0n) is 11.7. The van der Waals surface area contributed by atoms with Gasteiger partial charge in [-0.05, 0) is 30.0 Å². The smallest absolute Gasteiger partial charge is 0.265 e. The van der Waals surface area contributed by atoms with E-state index in [9.17, 15) is 8.42 Å². The van der Waals surface area contributed by atoms with Crippen LogP contribution in [0.2, 0.25) is 0 Å². The van der Waals surface area contributed by atoms with Crippen LogP contribution in [0.4, 0.5) is 5.69 Å². The van der Waals surface area contributed by atoms with Crippen molar-refractivity contribution in [2.24, 2.45) is 5.92 Å². The predicted molar refractivity (Wildman–Crippen MR) is 84.1 cm³/mol. The van der Waals surface area contributed by atoms with Gasteiger partial charge in [-0.3, -0.25) is 4.31 Å². The van der Waals surface area contributed by atoms with E-state index in [1.807, 2.05) is 24.3 Å². The van der Waals surface area contributed by atoms with Gasteiger partial charge in [-0.1, -0.05) is 25.1 Å². The first-order valence-corrected chi connectivity index (χ1v) is 9.13. The molecular weight excluding hydrogens is 306 g/mol. The van der Waals surface area contributed by atoms with Gasteiger partial charge in [-0.25, -0.2) is 8.42 Å². The second-order valence-electron chi connectivity index (χ2n) is 5.38. The topological polar surface area (TPSA) is 57.6 Å². The summed E-state index contributed by atoms with van der Waals surface area (Å²) in [6.07, 6.45) is 0.897. The normalized spacial score (nSPS) is 18.6. The lowest BCUT2D eigenvalue weighted by molar-refractivity contribution is 0.285. The molecule has 1 aliphatic rings. The Labute approximate surface area is 128 Å². The summed E-state index contributed by atoms with van der Waals surface area (Å²) in [5.74, 6) is 0.283. The third-order valence-corrected chi connectivity index (χ3v) is 6.51. The van der Waals surface area contributed by atoms with Gasteiger partial charge in [0.15, 0.2) is 0 Å². The molecular formula is C15H17NO3S2. The SMILES string of the molecule is CC1Cc2ccccc2N(S(=O)(=O)c2csc(CO)c2)C1. The van der Waals surface area contributed by atoms with Crippen LogP contribution < -0.4 is 4.31 Å². The van der Waals surface area contributed by atoms with E-state index < -0.39 is 10.0 Å². The third kappa shape index (κ3) is 2.59. The van der Waals surface area contributed by atoms with Crippen LogP contribution in [0, 0.1) is 5.92 Å². The van der Waals surface area contributed by atoms with Crippen LogP contribution in [0.1, 0.15) is 17.4 Å². The Balaban J connectivity index is 2.07. The van der Waals surface area contributed by atoms with E-state index in [0.29, 0.717) is 11.4 Å². The van der Waals surface area contributed by atoms with Gasteiger partial charge >= 0.3 is 0 Å². The van der Waals surface area contributed by atoms with Crippen molar-refractivity contribution in [3.63, 3.8) is 0 Å². The lowest BCUT2D eigenvalue weighted by Crippen LogP contribution is -2.39. The molecule has 2 aromatic rings. The molecule has 0 radical (unpaired) electrons. The largest absolute Gasteiger partial charge is 0.391 e.